The number of rotatable bonds is 9. The number of aryl methyl sites for hydroxylation is 1. The van der Waals surface area contributed by atoms with Crippen LogP contribution in [0.4, 0.5) is 0 Å². The van der Waals surface area contributed by atoms with E-state index in [9.17, 15) is 9.59 Å². The Labute approximate surface area is 296 Å². The normalized spacial score (nSPS) is 16.3. The molecular weight excluding hydrogens is 641 g/mol. The zero-order valence-electron chi connectivity index (χ0n) is 28.6. The van der Waals surface area contributed by atoms with Crippen LogP contribution < -0.4 is 5.56 Å². The van der Waals surface area contributed by atoms with Gasteiger partial charge in [0.05, 0.1) is 17.7 Å². The van der Waals surface area contributed by atoms with Gasteiger partial charge in [0.2, 0.25) is 0 Å². The third kappa shape index (κ3) is 5.32. The Morgan fingerprint density at radius 3 is 2.02 bits per heavy atom. The van der Waals surface area contributed by atoms with Gasteiger partial charge in [0.1, 0.15) is 11.7 Å². The van der Waals surface area contributed by atoms with Crippen LogP contribution in [0.1, 0.15) is 80.4 Å². The van der Waals surface area contributed by atoms with E-state index in [1.807, 2.05) is 19.4 Å². The first-order valence-electron chi connectivity index (χ1n) is 17.4. The highest BCUT2D eigenvalue weighted by atomic mass is 32.1. The maximum absolute atomic E-state index is 13.6. The first kappa shape index (κ1) is 32.4. The van der Waals surface area contributed by atoms with Gasteiger partial charge in [-0.1, -0.05) is 91.0 Å². The van der Waals surface area contributed by atoms with Crippen molar-refractivity contribution in [2.24, 2.45) is 0 Å². The summed E-state index contributed by atoms with van der Waals surface area (Å²) in [6.45, 7) is 5.52. The number of benzene rings is 3. The summed E-state index contributed by atoms with van der Waals surface area (Å²) in [6, 6.07) is 38.6. The zero-order valence-corrected chi connectivity index (χ0v) is 29.4. The predicted molar refractivity (Wildman–Crippen MR) is 199 cm³/mol. The minimum atomic E-state index is -0.561. The van der Waals surface area contributed by atoms with Crippen molar-refractivity contribution < 1.29 is 14.3 Å². The molecule has 0 spiro atoms. The molecule has 0 amide bonds. The van der Waals surface area contributed by atoms with Crippen LogP contribution in [-0.4, -0.2) is 35.5 Å². The van der Waals surface area contributed by atoms with E-state index in [-0.39, 0.29) is 23.8 Å². The first-order valence-corrected chi connectivity index (χ1v) is 18.2. The van der Waals surface area contributed by atoms with Crippen molar-refractivity contribution in [2.75, 3.05) is 20.3 Å². The largest absolute Gasteiger partial charge is 0.462 e. The summed E-state index contributed by atoms with van der Waals surface area (Å²) in [5, 5.41) is 0. The van der Waals surface area contributed by atoms with Crippen LogP contribution in [0, 0.1) is 6.92 Å². The van der Waals surface area contributed by atoms with Crippen molar-refractivity contribution in [3.8, 4) is 10.4 Å². The van der Waals surface area contributed by atoms with Crippen LogP contribution in [0.5, 0.6) is 0 Å². The van der Waals surface area contributed by atoms with Crippen molar-refractivity contribution >= 4 is 22.8 Å². The third-order valence-corrected chi connectivity index (χ3v) is 11.7. The van der Waals surface area contributed by atoms with E-state index >= 15 is 0 Å². The van der Waals surface area contributed by atoms with Gasteiger partial charge in [0.15, 0.2) is 0 Å². The molecule has 0 radical (unpaired) electrons. The minimum Gasteiger partial charge on any atom is -0.462 e. The van der Waals surface area contributed by atoms with E-state index in [0.29, 0.717) is 12.5 Å². The van der Waals surface area contributed by atoms with E-state index in [0.717, 1.165) is 46.5 Å². The molecule has 4 heterocycles. The number of fused-ring (bicyclic) bond motifs is 2. The lowest BCUT2D eigenvalue weighted by molar-refractivity contribution is 0.0194. The quantitative estimate of drug-likeness (QED) is 0.113. The van der Waals surface area contributed by atoms with E-state index in [1.165, 1.54) is 27.1 Å². The van der Waals surface area contributed by atoms with Crippen molar-refractivity contribution in [3.63, 3.8) is 0 Å². The molecule has 6 nitrogen and oxygen atoms in total. The monoisotopic (exact) mass is 680 g/mol. The summed E-state index contributed by atoms with van der Waals surface area (Å²) in [7, 11) is 1.81. The average molecular weight is 681 g/mol. The summed E-state index contributed by atoms with van der Waals surface area (Å²) in [4.78, 5) is 31.3. The molecule has 1 aliphatic heterocycles. The smallest absolute Gasteiger partial charge is 0.343 e. The van der Waals surface area contributed by atoms with Crippen molar-refractivity contribution in [1.82, 2.24) is 9.30 Å². The first-order chi connectivity index (χ1) is 24.4. The fraction of sp³-hybridized carbons (Fsp3) is 0.256. The van der Waals surface area contributed by atoms with E-state index in [2.05, 4.69) is 109 Å². The number of carbonyl (C=O) groups is 1. The highest BCUT2D eigenvalue weighted by Crippen LogP contribution is 2.50. The van der Waals surface area contributed by atoms with Crippen LogP contribution in [0.15, 0.2) is 120 Å². The number of ether oxygens (including phenoxy) is 2. The van der Waals surface area contributed by atoms with Gasteiger partial charge in [-0.3, -0.25) is 14.1 Å². The second-order valence-corrected chi connectivity index (χ2v) is 14.4. The summed E-state index contributed by atoms with van der Waals surface area (Å²) in [6.07, 6.45) is 3.79. The van der Waals surface area contributed by atoms with Crippen molar-refractivity contribution in [3.05, 3.63) is 170 Å². The topological polar surface area (TPSA) is 60.3 Å². The Morgan fingerprint density at radius 1 is 0.880 bits per heavy atom. The van der Waals surface area contributed by atoms with Gasteiger partial charge in [0.25, 0.3) is 5.56 Å². The molecule has 8 rings (SSSR count). The molecule has 3 aromatic heterocycles. The van der Waals surface area contributed by atoms with Gasteiger partial charge in [0, 0.05) is 36.2 Å². The van der Waals surface area contributed by atoms with Crippen molar-refractivity contribution in [1.29, 1.82) is 0 Å². The maximum Gasteiger partial charge on any atom is 0.343 e. The van der Waals surface area contributed by atoms with E-state index in [4.69, 9.17) is 9.47 Å². The lowest BCUT2D eigenvalue weighted by Crippen LogP contribution is -2.51. The molecule has 0 bridgehead atoms. The molecule has 1 saturated carbocycles. The second kappa shape index (κ2) is 13.1. The Bertz CT molecular complexity index is 2140. The van der Waals surface area contributed by atoms with Crippen LogP contribution in [0.2, 0.25) is 0 Å². The summed E-state index contributed by atoms with van der Waals surface area (Å²) >= 11 is 1.78. The predicted octanol–water partition coefficient (Wildman–Crippen LogP) is 8.89. The Hall–Kier alpha value is -4.82. The van der Waals surface area contributed by atoms with Gasteiger partial charge in [-0.2, -0.15) is 0 Å². The number of carbonyl (C=O) groups excluding carboxylic acids is 1. The Balaban J connectivity index is 1.27. The molecule has 1 unspecified atom stereocenters. The Kier molecular flexibility index (Phi) is 8.51. The van der Waals surface area contributed by atoms with Crippen LogP contribution in [0.3, 0.4) is 0 Å². The molecule has 1 atom stereocenters. The Morgan fingerprint density at radius 2 is 1.48 bits per heavy atom. The molecule has 50 heavy (non-hydrogen) atoms. The SMILES string of the molecule is CCOC(=O)c1cc(C2CC2)c2c(C)c(-c3cc4c(s3)C(OC)CN(C(c3ccccc3)(c3ccccc3)c3ccccc3)C4)ccn2c1=O. The van der Waals surface area contributed by atoms with Crippen LogP contribution in [0.25, 0.3) is 16.0 Å². The highest BCUT2D eigenvalue weighted by molar-refractivity contribution is 7.15. The maximum atomic E-state index is 13.6. The summed E-state index contributed by atoms with van der Waals surface area (Å²) in [5.74, 6) is -0.230. The molecular formula is C43H40N2O4S. The molecule has 252 valence electrons. The average Bonchev–Trinajstić information content (AvgIpc) is 3.91. The molecule has 6 aromatic rings. The molecule has 0 saturated heterocycles. The molecule has 1 fully saturated rings. The van der Waals surface area contributed by atoms with Gasteiger partial charge in [-0.05, 0) is 89.8 Å². The van der Waals surface area contributed by atoms with Crippen molar-refractivity contribution in [2.45, 2.75) is 50.8 Å². The number of thiophene rings is 1. The second-order valence-electron chi connectivity index (χ2n) is 13.3. The fourth-order valence-electron chi connectivity index (χ4n) is 7.97. The van der Waals surface area contributed by atoms with Gasteiger partial charge in [-0.15, -0.1) is 11.3 Å². The van der Waals surface area contributed by atoms with E-state index < -0.39 is 11.5 Å². The number of hydrogen-bond donors (Lipinski definition) is 0. The standard InChI is InChI=1S/C43H40N2O4S/c1-4-49-42(47)36-25-35(29-20-21-29)39-28(2)34(22-23-45(39)41(36)46)38-24-30-26-44(27-37(48-3)40(30)50-38)43(31-14-8-5-9-15-31,32-16-10-6-11-17-32)33-18-12-7-13-19-33/h5-19,22-25,29,37H,4,20-21,26-27H2,1-3H3. The van der Waals surface area contributed by atoms with Gasteiger partial charge in [-0.25, -0.2) is 4.79 Å². The van der Waals surface area contributed by atoms with Crippen LogP contribution in [-0.2, 0) is 21.6 Å². The lowest BCUT2D eigenvalue weighted by atomic mass is 9.74. The zero-order chi connectivity index (χ0) is 34.4. The summed E-state index contributed by atoms with van der Waals surface area (Å²) < 4.78 is 13.2. The number of aromatic nitrogens is 1. The van der Waals surface area contributed by atoms with E-state index in [1.54, 1.807) is 28.7 Å². The highest BCUT2D eigenvalue weighted by Gasteiger charge is 2.45. The van der Waals surface area contributed by atoms with Gasteiger partial charge >= 0.3 is 5.97 Å². The lowest BCUT2D eigenvalue weighted by Gasteiger charge is -2.48. The molecule has 7 heteroatoms. The number of nitrogens with zero attached hydrogens (tertiary/aromatic N) is 2. The number of hydrogen-bond acceptors (Lipinski definition) is 6. The molecule has 2 aliphatic rings. The molecule has 0 N–H and O–H groups in total. The minimum absolute atomic E-state index is 0.103. The fourth-order valence-corrected chi connectivity index (χ4v) is 9.30. The number of pyridine rings is 2. The molecule has 3 aromatic carbocycles. The number of esters is 1. The number of methoxy groups -OCH3 is 1. The summed E-state index contributed by atoms with van der Waals surface area (Å²) in [5.41, 5.74) is 8.15. The van der Waals surface area contributed by atoms with Crippen LogP contribution >= 0.6 is 11.3 Å². The van der Waals surface area contributed by atoms with Gasteiger partial charge < -0.3 is 9.47 Å². The molecule has 1 aliphatic carbocycles. The third-order valence-electron chi connectivity index (χ3n) is 10.4.